The van der Waals surface area contributed by atoms with Crippen molar-refractivity contribution in [3.05, 3.63) is 93.3 Å². The van der Waals surface area contributed by atoms with Crippen LogP contribution in [0.4, 0.5) is 14.9 Å². The first-order chi connectivity index (χ1) is 17.2. The van der Waals surface area contributed by atoms with Crippen molar-refractivity contribution >= 4 is 41.2 Å². The number of halogens is 2. The molecule has 3 aromatic carbocycles. The summed E-state index contributed by atoms with van der Waals surface area (Å²) in [5, 5.41) is 2.37. The van der Waals surface area contributed by atoms with E-state index >= 15 is 0 Å². The summed E-state index contributed by atoms with van der Waals surface area (Å²) in [6, 6.07) is 13.5. The van der Waals surface area contributed by atoms with Gasteiger partial charge in [0.05, 0.1) is 17.8 Å². The summed E-state index contributed by atoms with van der Waals surface area (Å²) in [5.74, 6) is -1.51. The zero-order valence-electron chi connectivity index (χ0n) is 19.7. The number of carbonyl (C=O) groups is 3. The minimum absolute atomic E-state index is 0.0437. The van der Waals surface area contributed by atoms with Crippen LogP contribution in [0.1, 0.15) is 22.3 Å². The van der Waals surface area contributed by atoms with Crippen molar-refractivity contribution in [1.29, 1.82) is 0 Å². The van der Waals surface area contributed by atoms with Gasteiger partial charge in [-0.2, -0.15) is 0 Å². The number of nitrogens with one attached hydrogen (secondary N) is 1. The summed E-state index contributed by atoms with van der Waals surface area (Å²) < 4.78 is 24.6. The largest absolute Gasteiger partial charge is 0.493 e. The number of imide groups is 2. The first-order valence-corrected chi connectivity index (χ1v) is 11.3. The van der Waals surface area contributed by atoms with Crippen molar-refractivity contribution in [2.24, 2.45) is 0 Å². The zero-order chi connectivity index (χ0) is 26.0. The van der Waals surface area contributed by atoms with Crippen LogP contribution in [-0.4, -0.2) is 25.0 Å². The molecule has 1 aliphatic heterocycles. The molecule has 1 N–H and O–H groups in total. The fourth-order valence-electron chi connectivity index (χ4n) is 3.75. The van der Waals surface area contributed by atoms with E-state index in [0.29, 0.717) is 22.4 Å². The van der Waals surface area contributed by atoms with Crippen LogP contribution in [0.2, 0.25) is 5.02 Å². The third kappa shape index (κ3) is 5.08. The molecule has 0 saturated carbocycles. The first kappa shape index (κ1) is 24.9. The average Bonchev–Trinajstić information content (AvgIpc) is 2.83. The van der Waals surface area contributed by atoms with Crippen LogP contribution in [0.15, 0.2) is 60.2 Å². The number of nitrogens with zero attached hydrogens (tertiary/aromatic N) is 1. The number of amides is 4. The quantitative estimate of drug-likeness (QED) is 0.358. The molecule has 184 valence electrons. The molecule has 0 bridgehead atoms. The van der Waals surface area contributed by atoms with E-state index in [9.17, 15) is 18.8 Å². The number of rotatable bonds is 6. The number of methoxy groups -OCH3 is 1. The molecule has 1 aliphatic rings. The van der Waals surface area contributed by atoms with Gasteiger partial charge in [-0.15, -0.1) is 0 Å². The van der Waals surface area contributed by atoms with Gasteiger partial charge < -0.3 is 9.47 Å². The maximum Gasteiger partial charge on any atom is 0.335 e. The number of urea groups is 1. The van der Waals surface area contributed by atoms with Crippen LogP contribution >= 0.6 is 11.6 Å². The lowest BCUT2D eigenvalue weighted by Gasteiger charge is -2.27. The molecule has 36 heavy (non-hydrogen) atoms. The topological polar surface area (TPSA) is 84.9 Å². The highest BCUT2D eigenvalue weighted by Crippen LogP contribution is 2.38. The summed E-state index contributed by atoms with van der Waals surface area (Å²) in [6.07, 6.45) is 1.33. The second-order valence-electron chi connectivity index (χ2n) is 8.20. The van der Waals surface area contributed by atoms with E-state index in [-0.39, 0.29) is 34.5 Å². The van der Waals surface area contributed by atoms with E-state index in [4.69, 9.17) is 21.1 Å². The van der Waals surface area contributed by atoms with E-state index in [2.05, 4.69) is 5.32 Å². The summed E-state index contributed by atoms with van der Waals surface area (Å²) in [4.78, 5) is 39.3. The van der Waals surface area contributed by atoms with Crippen molar-refractivity contribution in [3.63, 3.8) is 0 Å². The molecule has 7 nitrogen and oxygen atoms in total. The number of barbiturate groups is 1. The minimum atomic E-state index is -0.826. The Hall–Kier alpha value is -4.17. The van der Waals surface area contributed by atoms with Gasteiger partial charge in [-0.05, 0) is 72.5 Å². The van der Waals surface area contributed by atoms with Crippen LogP contribution < -0.4 is 19.7 Å². The van der Waals surface area contributed by atoms with E-state index in [0.717, 1.165) is 10.5 Å². The molecule has 9 heteroatoms. The van der Waals surface area contributed by atoms with Crippen LogP contribution in [0, 0.1) is 19.7 Å². The molecule has 4 rings (SSSR count). The van der Waals surface area contributed by atoms with Crippen molar-refractivity contribution in [3.8, 4) is 11.5 Å². The second-order valence-corrected chi connectivity index (χ2v) is 8.61. The molecule has 0 radical (unpaired) electrons. The third-order valence-corrected chi connectivity index (χ3v) is 5.82. The molecule has 1 saturated heterocycles. The molecule has 4 amide bonds. The number of ether oxygens (including phenoxy) is 2. The second kappa shape index (κ2) is 10.2. The maximum atomic E-state index is 13.5. The predicted molar refractivity (Wildman–Crippen MR) is 134 cm³/mol. The molecule has 1 heterocycles. The zero-order valence-corrected chi connectivity index (χ0v) is 20.5. The maximum absolute atomic E-state index is 13.5. The smallest absolute Gasteiger partial charge is 0.335 e. The van der Waals surface area contributed by atoms with Crippen LogP contribution in [0.3, 0.4) is 0 Å². The predicted octanol–water partition coefficient (Wildman–Crippen LogP) is 5.35. The summed E-state index contributed by atoms with van der Waals surface area (Å²) in [6.45, 7) is 3.65. The van der Waals surface area contributed by atoms with Gasteiger partial charge in [0.2, 0.25) is 0 Å². The Kier molecular flexibility index (Phi) is 7.07. The monoisotopic (exact) mass is 508 g/mol. The first-order valence-electron chi connectivity index (χ1n) is 10.9. The fourth-order valence-corrected chi connectivity index (χ4v) is 4.02. The molecule has 1 fully saturated rings. The van der Waals surface area contributed by atoms with E-state index < -0.39 is 17.8 Å². The van der Waals surface area contributed by atoms with Crippen molar-refractivity contribution in [2.45, 2.75) is 20.5 Å². The van der Waals surface area contributed by atoms with Gasteiger partial charge in [0.1, 0.15) is 18.0 Å². The molecular formula is C27H22ClFN2O5. The summed E-state index contributed by atoms with van der Waals surface area (Å²) in [7, 11) is 1.41. The Morgan fingerprint density at radius 1 is 1.06 bits per heavy atom. The Morgan fingerprint density at radius 2 is 1.83 bits per heavy atom. The Bertz CT molecular complexity index is 1420. The standard InChI is InChI=1S/C27H22ClFN2O5/c1-15-7-8-16(2)22(9-15)31-26(33)20(25(32)30-27(31)34)11-18-12-21(28)24(23(13-18)35-3)36-14-17-5-4-6-19(29)10-17/h4-13H,14H2,1-3H3,(H,30,32,34)/b20-11+. The Morgan fingerprint density at radius 3 is 2.56 bits per heavy atom. The molecule has 0 atom stereocenters. The third-order valence-electron chi connectivity index (χ3n) is 5.54. The normalized spacial score (nSPS) is 14.8. The molecule has 0 aliphatic carbocycles. The number of aryl methyl sites for hydroxylation is 2. The minimum Gasteiger partial charge on any atom is -0.493 e. The number of hydrogen-bond acceptors (Lipinski definition) is 5. The number of benzene rings is 3. The van der Waals surface area contributed by atoms with Gasteiger partial charge in [-0.1, -0.05) is 35.9 Å². The molecule has 0 unspecified atom stereocenters. The molecule has 0 spiro atoms. The van der Waals surface area contributed by atoms with Gasteiger partial charge in [-0.25, -0.2) is 14.1 Å². The Balaban J connectivity index is 1.66. The van der Waals surface area contributed by atoms with Crippen LogP contribution in [-0.2, 0) is 16.2 Å². The Labute approximate surface area is 212 Å². The van der Waals surface area contributed by atoms with E-state index in [1.165, 1.54) is 31.4 Å². The van der Waals surface area contributed by atoms with Crippen molar-refractivity contribution in [2.75, 3.05) is 12.0 Å². The van der Waals surface area contributed by atoms with Crippen molar-refractivity contribution in [1.82, 2.24) is 5.32 Å². The lowest BCUT2D eigenvalue weighted by molar-refractivity contribution is -0.122. The van der Waals surface area contributed by atoms with E-state index in [1.807, 2.05) is 13.0 Å². The van der Waals surface area contributed by atoms with Crippen LogP contribution in [0.25, 0.3) is 6.08 Å². The number of carbonyl (C=O) groups excluding carboxylic acids is 3. The van der Waals surface area contributed by atoms with Gasteiger partial charge >= 0.3 is 6.03 Å². The van der Waals surface area contributed by atoms with E-state index in [1.54, 1.807) is 37.3 Å². The number of anilines is 1. The van der Waals surface area contributed by atoms with Gasteiger partial charge in [0.25, 0.3) is 11.8 Å². The summed E-state index contributed by atoms with van der Waals surface area (Å²) >= 11 is 6.43. The lowest BCUT2D eigenvalue weighted by atomic mass is 10.0. The number of hydrogen-bond donors (Lipinski definition) is 1. The highest BCUT2D eigenvalue weighted by atomic mass is 35.5. The van der Waals surface area contributed by atoms with Crippen LogP contribution in [0.5, 0.6) is 11.5 Å². The van der Waals surface area contributed by atoms with Gasteiger partial charge in [0, 0.05) is 0 Å². The highest BCUT2D eigenvalue weighted by molar-refractivity contribution is 6.39. The molecular weight excluding hydrogens is 487 g/mol. The van der Waals surface area contributed by atoms with Gasteiger partial charge in [-0.3, -0.25) is 14.9 Å². The molecule has 0 aromatic heterocycles. The lowest BCUT2D eigenvalue weighted by Crippen LogP contribution is -2.54. The fraction of sp³-hybridized carbons (Fsp3) is 0.148. The SMILES string of the molecule is COc1cc(/C=C2\C(=O)NC(=O)N(c3cc(C)ccc3C)C2=O)cc(Cl)c1OCc1cccc(F)c1. The summed E-state index contributed by atoms with van der Waals surface area (Å²) in [5.41, 5.74) is 2.66. The van der Waals surface area contributed by atoms with Crippen molar-refractivity contribution < 1.29 is 28.2 Å². The van der Waals surface area contributed by atoms with Gasteiger partial charge in [0.15, 0.2) is 11.5 Å². The molecule has 3 aromatic rings. The average molecular weight is 509 g/mol. The highest BCUT2D eigenvalue weighted by Gasteiger charge is 2.37.